The summed E-state index contributed by atoms with van der Waals surface area (Å²) in [4.78, 5) is 0. The maximum absolute atomic E-state index is 13.1. The number of aryl methyl sites for hydroxylation is 3. The van der Waals surface area contributed by atoms with Crippen LogP contribution in [0.4, 0.5) is 4.39 Å². The fourth-order valence-electron chi connectivity index (χ4n) is 2.34. The zero-order chi connectivity index (χ0) is 14.5. The van der Waals surface area contributed by atoms with Crippen LogP contribution in [0.2, 0.25) is 0 Å². The van der Waals surface area contributed by atoms with Crippen molar-refractivity contribution in [2.45, 2.75) is 39.8 Å². The molecule has 20 heavy (non-hydrogen) atoms. The Morgan fingerprint density at radius 2 is 2.10 bits per heavy atom. The average Bonchev–Trinajstić information content (AvgIpc) is 2.73. The predicted molar refractivity (Wildman–Crippen MR) is 79.1 cm³/mol. The van der Waals surface area contributed by atoms with Gasteiger partial charge in [-0.1, -0.05) is 12.1 Å². The van der Waals surface area contributed by atoms with Gasteiger partial charge >= 0.3 is 0 Å². The number of benzene rings is 1. The standard InChI is InChI=1S/C16H22FN3/c1-12-10-13(2)20(19-12)9-5-8-18-14(3)15-6-4-7-16(17)11-15/h4,6-7,10-11,14,18H,5,8-9H2,1-3H3. The lowest BCUT2D eigenvalue weighted by Crippen LogP contribution is -2.21. The summed E-state index contributed by atoms with van der Waals surface area (Å²) in [5, 5.41) is 7.85. The predicted octanol–water partition coefficient (Wildman–Crippen LogP) is 3.38. The van der Waals surface area contributed by atoms with Crippen molar-refractivity contribution in [3.63, 3.8) is 0 Å². The number of nitrogens with zero attached hydrogens (tertiary/aromatic N) is 2. The first-order chi connectivity index (χ1) is 9.56. The average molecular weight is 275 g/mol. The minimum Gasteiger partial charge on any atom is -0.310 e. The lowest BCUT2D eigenvalue weighted by Gasteiger charge is -2.14. The van der Waals surface area contributed by atoms with E-state index >= 15 is 0 Å². The molecular formula is C16H22FN3. The molecule has 0 spiro atoms. The van der Waals surface area contributed by atoms with E-state index in [2.05, 4.69) is 30.3 Å². The van der Waals surface area contributed by atoms with Gasteiger partial charge in [0.25, 0.3) is 0 Å². The Hall–Kier alpha value is -1.68. The van der Waals surface area contributed by atoms with Gasteiger partial charge in [0.1, 0.15) is 5.82 Å². The van der Waals surface area contributed by atoms with Crippen molar-refractivity contribution in [2.24, 2.45) is 0 Å². The molecule has 0 saturated heterocycles. The van der Waals surface area contributed by atoms with Crippen molar-refractivity contribution >= 4 is 0 Å². The van der Waals surface area contributed by atoms with Crippen LogP contribution in [-0.2, 0) is 6.54 Å². The second-order valence-corrected chi connectivity index (χ2v) is 5.23. The smallest absolute Gasteiger partial charge is 0.123 e. The van der Waals surface area contributed by atoms with Crippen molar-refractivity contribution in [2.75, 3.05) is 6.54 Å². The number of hydrogen-bond acceptors (Lipinski definition) is 2. The van der Waals surface area contributed by atoms with Gasteiger partial charge in [-0.2, -0.15) is 5.10 Å². The highest BCUT2D eigenvalue weighted by molar-refractivity contribution is 5.19. The van der Waals surface area contributed by atoms with Crippen LogP contribution in [0.3, 0.4) is 0 Å². The highest BCUT2D eigenvalue weighted by atomic mass is 19.1. The molecule has 2 rings (SSSR count). The van der Waals surface area contributed by atoms with Crippen LogP contribution in [0.1, 0.15) is 36.3 Å². The molecule has 0 radical (unpaired) electrons. The zero-order valence-electron chi connectivity index (χ0n) is 12.4. The van der Waals surface area contributed by atoms with E-state index in [0.29, 0.717) is 0 Å². The maximum atomic E-state index is 13.1. The molecule has 0 fully saturated rings. The summed E-state index contributed by atoms with van der Waals surface area (Å²) in [6, 6.07) is 8.99. The molecule has 2 aromatic rings. The Labute approximate surface area is 119 Å². The molecule has 0 aliphatic carbocycles. The number of nitrogens with one attached hydrogen (secondary N) is 1. The van der Waals surface area contributed by atoms with Crippen LogP contribution in [0, 0.1) is 19.7 Å². The fourth-order valence-corrected chi connectivity index (χ4v) is 2.34. The van der Waals surface area contributed by atoms with Crippen LogP contribution < -0.4 is 5.32 Å². The summed E-state index contributed by atoms with van der Waals surface area (Å²) in [5.74, 6) is -0.182. The SMILES string of the molecule is Cc1cc(C)n(CCCNC(C)c2cccc(F)c2)n1. The van der Waals surface area contributed by atoms with Gasteiger partial charge in [0.15, 0.2) is 0 Å². The van der Waals surface area contributed by atoms with E-state index in [9.17, 15) is 4.39 Å². The molecule has 4 heteroatoms. The zero-order valence-corrected chi connectivity index (χ0v) is 12.4. The number of rotatable bonds is 6. The minimum atomic E-state index is -0.182. The molecular weight excluding hydrogens is 253 g/mol. The van der Waals surface area contributed by atoms with Crippen LogP contribution >= 0.6 is 0 Å². The van der Waals surface area contributed by atoms with E-state index in [1.165, 1.54) is 11.8 Å². The van der Waals surface area contributed by atoms with Gasteiger partial charge in [-0.15, -0.1) is 0 Å². The maximum Gasteiger partial charge on any atom is 0.123 e. The summed E-state index contributed by atoms with van der Waals surface area (Å²) in [5.41, 5.74) is 3.24. The van der Waals surface area contributed by atoms with Crippen molar-refractivity contribution < 1.29 is 4.39 Å². The Morgan fingerprint density at radius 1 is 1.30 bits per heavy atom. The summed E-state index contributed by atoms with van der Waals surface area (Å²) in [6.45, 7) is 7.92. The normalized spacial score (nSPS) is 12.6. The lowest BCUT2D eigenvalue weighted by atomic mass is 10.1. The Morgan fingerprint density at radius 3 is 2.75 bits per heavy atom. The Bertz CT molecular complexity index is 563. The van der Waals surface area contributed by atoms with E-state index in [1.54, 1.807) is 12.1 Å². The van der Waals surface area contributed by atoms with Gasteiger partial charge in [-0.3, -0.25) is 4.68 Å². The van der Waals surface area contributed by atoms with E-state index in [4.69, 9.17) is 0 Å². The minimum absolute atomic E-state index is 0.158. The highest BCUT2D eigenvalue weighted by Crippen LogP contribution is 2.13. The molecule has 1 atom stereocenters. The molecule has 0 amide bonds. The third kappa shape index (κ3) is 3.90. The van der Waals surface area contributed by atoms with E-state index in [-0.39, 0.29) is 11.9 Å². The lowest BCUT2D eigenvalue weighted by molar-refractivity contribution is 0.499. The molecule has 3 nitrogen and oxygen atoms in total. The fraction of sp³-hybridized carbons (Fsp3) is 0.438. The molecule has 108 valence electrons. The van der Waals surface area contributed by atoms with Crippen molar-refractivity contribution in [1.29, 1.82) is 0 Å². The first-order valence-electron chi connectivity index (χ1n) is 7.06. The molecule has 1 aromatic heterocycles. The van der Waals surface area contributed by atoms with Gasteiger partial charge in [-0.25, -0.2) is 4.39 Å². The third-order valence-corrected chi connectivity index (χ3v) is 3.45. The van der Waals surface area contributed by atoms with Gasteiger partial charge in [-0.05, 0) is 57.5 Å². The first-order valence-corrected chi connectivity index (χ1v) is 7.06. The molecule has 1 N–H and O–H groups in total. The number of aromatic nitrogens is 2. The monoisotopic (exact) mass is 275 g/mol. The van der Waals surface area contributed by atoms with Gasteiger partial charge in [0.2, 0.25) is 0 Å². The molecule has 0 bridgehead atoms. The summed E-state index contributed by atoms with van der Waals surface area (Å²) >= 11 is 0. The van der Waals surface area contributed by atoms with Crippen molar-refractivity contribution in [3.05, 3.63) is 53.1 Å². The van der Waals surface area contributed by atoms with E-state index in [1.807, 2.05) is 17.7 Å². The molecule has 0 saturated carbocycles. The first kappa shape index (κ1) is 14.7. The van der Waals surface area contributed by atoms with Crippen LogP contribution in [-0.4, -0.2) is 16.3 Å². The molecule has 1 heterocycles. The second-order valence-electron chi connectivity index (χ2n) is 5.23. The molecule has 0 aliphatic rings. The van der Waals surface area contributed by atoms with Crippen molar-refractivity contribution in [3.8, 4) is 0 Å². The number of halogens is 1. The van der Waals surface area contributed by atoms with Gasteiger partial charge in [0, 0.05) is 18.3 Å². The largest absolute Gasteiger partial charge is 0.310 e. The highest BCUT2D eigenvalue weighted by Gasteiger charge is 2.05. The Balaban J connectivity index is 1.77. The van der Waals surface area contributed by atoms with Crippen molar-refractivity contribution in [1.82, 2.24) is 15.1 Å². The topological polar surface area (TPSA) is 29.9 Å². The van der Waals surface area contributed by atoms with Crippen LogP contribution in [0.25, 0.3) is 0 Å². The summed E-state index contributed by atoms with van der Waals surface area (Å²) < 4.78 is 15.2. The van der Waals surface area contributed by atoms with Gasteiger partial charge < -0.3 is 5.32 Å². The van der Waals surface area contributed by atoms with Gasteiger partial charge in [0.05, 0.1) is 5.69 Å². The summed E-state index contributed by atoms with van der Waals surface area (Å²) in [7, 11) is 0. The third-order valence-electron chi connectivity index (χ3n) is 3.45. The molecule has 0 aliphatic heterocycles. The van der Waals surface area contributed by atoms with Crippen LogP contribution in [0.5, 0.6) is 0 Å². The molecule has 1 unspecified atom stereocenters. The second kappa shape index (κ2) is 6.66. The van der Waals surface area contributed by atoms with E-state index in [0.717, 1.165) is 30.8 Å². The summed E-state index contributed by atoms with van der Waals surface area (Å²) in [6.07, 6.45) is 1.00. The Kier molecular flexibility index (Phi) is 4.90. The molecule has 1 aromatic carbocycles. The van der Waals surface area contributed by atoms with E-state index < -0.39 is 0 Å². The van der Waals surface area contributed by atoms with Crippen LogP contribution in [0.15, 0.2) is 30.3 Å². The quantitative estimate of drug-likeness (QED) is 0.819. The number of hydrogen-bond donors (Lipinski definition) is 1.